The third kappa shape index (κ3) is 6.89. The molecule has 1 aromatic heterocycles. The van der Waals surface area contributed by atoms with Crippen molar-refractivity contribution in [3.05, 3.63) is 95.9 Å². The van der Waals surface area contributed by atoms with Crippen molar-refractivity contribution in [2.75, 3.05) is 18.5 Å². The molecule has 2 aromatic carbocycles. The number of benzene rings is 2. The van der Waals surface area contributed by atoms with Crippen molar-refractivity contribution in [2.24, 2.45) is 52.1 Å². The van der Waals surface area contributed by atoms with E-state index >= 15 is 0 Å². The summed E-state index contributed by atoms with van der Waals surface area (Å²) in [6, 6.07) is 14.6. The van der Waals surface area contributed by atoms with Crippen LogP contribution in [0.1, 0.15) is 69.4 Å². The van der Waals surface area contributed by atoms with Gasteiger partial charge in [0.15, 0.2) is 11.6 Å². The van der Waals surface area contributed by atoms with Crippen LogP contribution in [0.25, 0.3) is 10.8 Å². The molecule has 11 nitrogen and oxygen atoms in total. The van der Waals surface area contributed by atoms with Crippen molar-refractivity contribution in [1.82, 2.24) is 4.98 Å². The molecule has 1 heterocycles. The fourth-order valence-electron chi connectivity index (χ4n) is 10.8. The lowest BCUT2D eigenvalue weighted by Gasteiger charge is -2.58. The fraction of sp³-hybridized carbons (Fsp3) is 0.467. The van der Waals surface area contributed by atoms with Crippen LogP contribution in [-0.2, 0) is 40.1 Å². The molecule has 0 bridgehead atoms. The van der Waals surface area contributed by atoms with Gasteiger partial charge < -0.3 is 25.6 Å². The van der Waals surface area contributed by atoms with E-state index in [4.69, 9.17) is 15.2 Å². The van der Waals surface area contributed by atoms with Gasteiger partial charge in [-0.3, -0.25) is 29.0 Å². The highest BCUT2D eigenvalue weighted by atomic mass is 16.5. The maximum absolute atomic E-state index is 13.6. The first-order chi connectivity index (χ1) is 26.9. The van der Waals surface area contributed by atoms with Crippen LogP contribution in [0.2, 0.25) is 0 Å². The number of rotatable bonds is 11. The van der Waals surface area contributed by atoms with Gasteiger partial charge in [0.1, 0.15) is 13.2 Å². The predicted molar refractivity (Wildman–Crippen MR) is 207 cm³/mol. The van der Waals surface area contributed by atoms with Crippen LogP contribution in [0.3, 0.4) is 0 Å². The first-order valence-corrected chi connectivity index (χ1v) is 19.8. The van der Waals surface area contributed by atoms with E-state index in [1.165, 1.54) is 0 Å². The molecule has 3 aromatic rings. The van der Waals surface area contributed by atoms with Crippen LogP contribution < -0.4 is 11.1 Å². The van der Waals surface area contributed by atoms with Crippen LogP contribution in [0, 0.1) is 46.3 Å². The molecule has 4 fully saturated rings. The third-order valence-corrected chi connectivity index (χ3v) is 13.9. The number of aliphatic hydroxyl groups excluding tert-OH is 1. The Kier molecular flexibility index (Phi) is 10.0. The van der Waals surface area contributed by atoms with E-state index in [1.807, 2.05) is 30.3 Å². The van der Waals surface area contributed by atoms with E-state index in [2.05, 4.69) is 24.1 Å². The summed E-state index contributed by atoms with van der Waals surface area (Å²) >= 11 is 0. The fourth-order valence-corrected chi connectivity index (χ4v) is 10.8. The van der Waals surface area contributed by atoms with Gasteiger partial charge in [-0.1, -0.05) is 55.8 Å². The molecule has 5 aliphatic carbocycles. The van der Waals surface area contributed by atoms with E-state index in [0.717, 1.165) is 46.7 Å². The monoisotopic (exact) mass is 759 g/mol. The Morgan fingerprint density at radius 1 is 0.982 bits per heavy atom. The number of allylic oxidation sites excluding steroid dienone is 4. The van der Waals surface area contributed by atoms with Crippen molar-refractivity contribution in [2.45, 2.75) is 71.0 Å². The van der Waals surface area contributed by atoms with Crippen molar-refractivity contribution in [3.8, 4) is 0 Å². The second-order valence-electron chi connectivity index (χ2n) is 17.0. The number of Topliss-reactive ketones (excluding diaryl/α,β-unsaturated/α-hetero) is 1. The van der Waals surface area contributed by atoms with Gasteiger partial charge in [0, 0.05) is 47.3 Å². The first kappa shape index (κ1) is 37.9. The van der Waals surface area contributed by atoms with Crippen molar-refractivity contribution in [3.63, 3.8) is 0 Å². The quantitative estimate of drug-likeness (QED) is 0.209. The molecule has 292 valence electrons. The van der Waals surface area contributed by atoms with Crippen molar-refractivity contribution in [1.29, 1.82) is 0 Å². The number of anilines is 1. The summed E-state index contributed by atoms with van der Waals surface area (Å²) in [6.45, 7) is 4.00. The summed E-state index contributed by atoms with van der Waals surface area (Å²) in [4.78, 5) is 68.8. The van der Waals surface area contributed by atoms with Gasteiger partial charge in [0.2, 0.25) is 5.91 Å². The number of amides is 1. The Labute approximate surface area is 326 Å². The minimum absolute atomic E-state index is 0.00149. The zero-order valence-electron chi connectivity index (χ0n) is 31.8. The highest BCUT2D eigenvalue weighted by Gasteiger charge is 2.62. The molecule has 10 atom stereocenters. The minimum atomic E-state index is -0.648. The van der Waals surface area contributed by atoms with E-state index < -0.39 is 41.2 Å². The minimum Gasteiger partial charge on any atom is -0.461 e. The molecule has 5 aliphatic rings. The maximum atomic E-state index is 13.6. The number of nitrogens with one attached hydrogen (secondary N) is 1. The van der Waals surface area contributed by atoms with Gasteiger partial charge in [-0.25, -0.2) is 0 Å². The number of pyridine rings is 1. The van der Waals surface area contributed by atoms with Crippen LogP contribution >= 0.6 is 0 Å². The lowest BCUT2D eigenvalue weighted by molar-refractivity contribution is -0.156. The van der Waals surface area contributed by atoms with E-state index in [-0.39, 0.29) is 66.3 Å². The summed E-state index contributed by atoms with van der Waals surface area (Å²) in [5.41, 5.74) is 8.43. The van der Waals surface area contributed by atoms with Crippen LogP contribution in [-0.4, -0.2) is 58.8 Å². The molecule has 4 saturated carbocycles. The summed E-state index contributed by atoms with van der Waals surface area (Å²) < 4.78 is 11.0. The average molecular weight is 760 g/mol. The van der Waals surface area contributed by atoms with Crippen LogP contribution in [0.15, 0.2) is 84.7 Å². The highest BCUT2D eigenvalue weighted by Crippen LogP contribution is 2.66. The van der Waals surface area contributed by atoms with Gasteiger partial charge in [-0.2, -0.15) is 0 Å². The van der Waals surface area contributed by atoms with Gasteiger partial charge in [-0.05, 0) is 103 Å². The second kappa shape index (κ2) is 14.8. The number of aromatic nitrogens is 1. The number of hydrogen-bond acceptors (Lipinski definition) is 10. The molecule has 0 saturated heterocycles. The molecule has 1 amide bonds. The van der Waals surface area contributed by atoms with Gasteiger partial charge in [-0.15, -0.1) is 0 Å². The molecule has 0 radical (unpaired) electrons. The number of nitrogens with two attached hydrogens (primary N) is 1. The molecule has 56 heavy (non-hydrogen) atoms. The Morgan fingerprint density at radius 3 is 2.52 bits per heavy atom. The van der Waals surface area contributed by atoms with Gasteiger partial charge in [0.05, 0.1) is 23.9 Å². The standard InChI is InChI=1S/C45H49N3O8/c1-44-15-13-31(49)18-29(44)8-10-32-36-11-12-37(45(36,2)20-38(50)40(32)44)39(51)24-56-43(54)34-19-33(34)42(53)55-23-25-3-5-26(6-4-25)35(21-46)41(52)48-30-9-7-28-22-47-16-14-27(28)17-30/h3-7,9,13-18,22,32-38,40,50H,8,10-12,19-21,23-24,46H2,1-2H3,(H,48,52)/t32-,33?,34?,35+,36?,37+,38-,40?,44-,45-/m0/s1. The number of carbonyl (C=O) groups is 5. The molecule has 11 heteroatoms. The lowest BCUT2D eigenvalue weighted by atomic mass is 9.46. The molecule has 0 spiro atoms. The summed E-state index contributed by atoms with van der Waals surface area (Å²) in [7, 11) is 0. The summed E-state index contributed by atoms with van der Waals surface area (Å²) in [6.07, 6.45) is 12.2. The molecule has 0 aliphatic heterocycles. The number of ketones is 2. The largest absolute Gasteiger partial charge is 0.461 e. The van der Waals surface area contributed by atoms with E-state index in [9.17, 15) is 29.1 Å². The highest BCUT2D eigenvalue weighted by molar-refractivity contribution is 6.01. The zero-order valence-corrected chi connectivity index (χ0v) is 31.8. The first-order valence-electron chi connectivity index (χ1n) is 19.8. The topological polar surface area (TPSA) is 175 Å². The smallest absolute Gasteiger partial charge is 0.310 e. The second-order valence-corrected chi connectivity index (χ2v) is 17.0. The number of aliphatic hydroxyl groups is 1. The number of carbonyl (C=O) groups excluding carboxylic acids is 5. The molecule has 8 rings (SSSR count). The molecular weight excluding hydrogens is 711 g/mol. The number of fused-ring (bicyclic) bond motifs is 6. The lowest BCUT2D eigenvalue weighted by Crippen LogP contribution is -2.56. The Balaban J connectivity index is 0.800. The van der Waals surface area contributed by atoms with Gasteiger partial charge >= 0.3 is 11.9 Å². The van der Waals surface area contributed by atoms with Crippen molar-refractivity contribution >= 4 is 45.9 Å². The molecule has 4 N–H and O–H groups in total. The Hall–Kier alpha value is -5.00. The summed E-state index contributed by atoms with van der Waals surface area (Å²) in [5, 5.41) is 16.5. The number of hydrogen-bond donors (Lipinski definition) is 3. The molecular formula is C45H49N3O8. The van der Waals surface area contributed by atoms with Crippen molar-refractivity contribution < 1.29 is 38.6 Å². The third-order valence-electron chi connectivity index (χ3n) is 13.9. The maximum Gasteiger partial charge on any atom is 0.310 e. The SMILES string of the molecule is C[C@]12C=CC(=O)C=C1CC[C@@H]1C2[C@@H](O)C[C@@]2(C)C1CC[C@@H]2C(=O)COC(=O)C1CC1C(=O)OCc1ccc([C@@H](CN)C(=O)Nc2ccc3cnccc3c2)cc1. The normalized spacial score (nSPS) is 32.0. The Bertz CT molecular complexity index is 2150. The predicted octanol–water partition coefficient (Wildman–Crippen LogP) is 5.60. The molecule has 4 unspecified atom stereocenters. The summed E-state index contributed by atoms with van der Waals surface area (Å²) in [5.74, 6) is -3.14. The van der Waals surface area contributed by atoms with Gasteiger partial charge in [0.25, 0.3) is 0 Å². The van der Waals surface area contributed by atoms with E-state index in [0.29, 0.717) is 24.9 Å². The Morgan fingerprint density at radius 2 is 1.75 bits per heavy atom. The van der Waals surface area contributed by atoms with Crippen LogP contribution in [0.4, 0.5) is 5.69 Å². The zero-order chi connectivity index (χ0) is 39.4. The van der Waals surface area contributed by atoms with E-state index in [1.54, 1.807) is 48.8 Å². The average Bonchev–Trinajstić information content (AvgIpc) is 3.92. The number of esters is 2. The number of nitrogens with zero attached hydrogens (tertiary/aromatic N) is 1. The van der Waals surface area contributed by atoms with Crippen LogP contribution in [0.5, 0.6) is 0 Å². The number of ether oxygens (including phenoxy) is 2.